The summed E-state index contributed by atoms with van der Waals surface area (Å²) >= 11 is 0. The summed E-state index contributed by atoms with van der Waals surface area (Å²) in [6.07, 6.45) is 17.3. The molecule has 0 aromatic rings. The second-order valence-corrected chi connectivity index (χ2v) is 7.13. The first-order valence-corrected chi connectivity index (χ1v) is 7.75. The van der Waals surface area contributed by atoms with Crippen LogP contribution in [-0.2, 0) is 0 Å². The minimum Gasteiger partial charge on any atom is -0.0707 e. The Balaban J connectivity index is 1.63. The van der Waals surface area contributed by atoms with Gasteiger partial charge < -0.3 is 0 Å². The van der Waals surface area contributed by atoms with Crippen molar-refractivity contribution in [3.63, 3.8) is 0 Å². The van der Waals surface area contributed by atoms with Gasteiger partial charge in [0.05, 0.1) is 10.5 Å². The van der Waals surface area contributed by atoms with E-state index < -0.39 is 0 Å². The zero-order valence-corrected chi connectivity index (χ0v) is 9.45. The lowest BCUT2D eigenvalue weighted by atomic mass is 10.5. The van der Waals surface area contributed by atoms with Crippen LogP contribution in [0.2, 0.25) is 0 Å². The second-order valence-electron chi connectivity index (χ2n) is 2.73. The van der Waals surface area contributed by atoms with Gasteiger partial charge in [-0.15, -0.1) is 0 Å². The van der Waals surface area contributed by atoms with Crippen molar-refractivity contribution in [2.24, 2.45) is 0 Å². The highest BCUT2D eigenvalue weighted by molar-refractivity contribution is 9.09. The molecule has 2 aliphatic carbocycles. The zero-order valence-electron chi connectivity index (χ0n) is 7.00. The maximum absolute atomic E-state index is 2.22. The molecule has 0 saturated heterocycles. The molecule has 0 fully saturated rings. The molecule has 0 amide bonds. The summed E-state index contributed by atoms with van der Waals surface area (Å²) in [6, 6.07) is 0. The normalized spacial score (nSPS) is 20.9. The van der Waals surface area contributed by atoms with E-state index in [4.69, 9.17) is 0 Å². The summed E-state index contributed by atoms with van der Waals surface area (Å²) in [7, 11) is 5.69. The van der Waals surface area contributed by atoms with Crippen LogP contribution in [0.25, 0.3) is 0 Å². The fraction of sp³-hybridized carbons (Fsp3) is 0.200. The number of rotatable bonds is 4. The van der Waals surface area contributed by atoms with Crippen LogP contribution in [0.4, 0.5) is 0 Å². The molecule has 2 rings (SSSR count). The summed E-state index contributed by atoms with van der Waals surface area (Å²) in [6.45, 7) is 0. The van der Waals surface area contributed by atoms with Crippen molar-refractivity contribution in [2.45, 2.75) is 10.5 Å². The smallest absolute Gasteiger partial charge is 0.0526 e. The van der Waals surface area contributed by atoms with Crippen LogP contribution in [0, 0.1) is 0 Å². The Kier molecular flexibility index (Phi) is 3.70. The van der Waals surface area contributed by atoms with E-state index in [0.29, 0.717) is 10.5 Å². The minimum atomic E-state index is 0.576. The number of hydrogen-bond acceptors (Lipinski definition) is 3. The van der Waals surface area contributed by atoms with E-state index in [1.165, 1.54) is 0 Å². The second kappa shape index (κ2) is 5.03. The zero-order chi connectivity index (χ0) is 8.93. The third kappa shape index (κ3) is 3.01. The van der Waals surface area contributed by atoms with E-state index >= 15 is 0 Å². The molecule has 0 atom stereocenters. The van der Waals surface area contributed by atoms with Crippen LogP contribution in [0.15, 0.2) is 48.6 Å². The molecule has 0 N–H and O–H groups in total. The maximum Gasteiger partial charge on any atom is 0.0526 e. The van der Waals surface area contributed by atoms with Gasteiger partial charge in [-0.2, -0.15) is 0 Å². The van der Waals surface area contributed by atoms with Gasteiger partial charge in [-0.05, 0) is 9.83 Å². The Morgan fingerprint density at radius 2 is 1.00 bits per heavy atom. The Labute approximate surface area is 90.4 Å². The third-order valence-electron chi connectivity index (χ3n) is 1.73. The SMILES string of the molecule is C1=CC(SSSC2C=CC=C2)C=C1. The summed E-state index contributed by atoms with van der Waals surface area (Å²) < 4.78 is 0. The van der Waals surface area contributed by atoms with E-state index in [9.17, 15) is 0 Å². The maximum atomic E-state index is 2.22. The highest BCUT2D eigenvalue weighted by Gasteiger charge is 2.08. The quantitative estimate of drug-likeness (QED) is 0.665. The van der Waals surface area contributed by atoms with Gasteiger partial charge in [0.25, 0.3) is 0 Å². The molecule has 0 radical (unpaired) electrons. The Bertz CT molecular complexity index is 224. The van der Waals surface area contributed by atoms with Gasteiger partial charge in [-0.1, -0.05) is 70.2 Å². The Morgan fingerprint density at radius 3 is 1.38 bits per heavy atom. The van der Waals surface area contributed by atoms with Crippen LogP contribution in [-0.4, -0.2) is 10.5 Å². The van der Waals surface area contributed by atoms with Gasteiger partial charge in [0.2, 0.25) is 0 Å². The predicted octanol–water partition coefficient (Wildman–Crippen LogP) is 4.01. The monoisotopic (exact) mass is 226 g/mol. The molecule has 68 valence electrons. The van der Waals surface area contributed by atoms with Gasteiger partial charge in [0.1, 0.15) is 0 Å². The summed E-state index contributed by atoms with van der Waals surface area (Å²) in [5.74, 6) is 0. The van der Waals surface area contributed by atoms with Crippen molar-refractivity contribution in [3.8, 4) is 0 Å². The van der Waals surface area contributed by atoms with Crippen LogP contribution in [0.5, 0.6) is 0 Å². The molecule has 0 aromatic heterocycles. The standard InChI is InChI=1S/C10H10S3/c1-2-6-9(5-1)11-13-12-10-7-3-4-8-10/h1-10H. The van der Waals surface area contributed by atoms with Gasteiger partial charge in [-0.3, -0.25) is 0 Å². The molecule has 0 spiro atoms. The lowest BCUT2D eigenvalue weighted by molar-refractivity contribution is 1.49. The van der Waals surface area contributed by atoms with E-state index in [2.05, 4.69) is 48.6 Å². The lowest BCUT2D eigenvalue weighted by Gasteiger charge is -2.05. The van der Waals surface area contributed by atoms with Crippen molar-refractivity contribution in [1.29, 1.82) is 0 Å². The average Bonchev–Trinajstić information content (AvgIpc) is 2.75. The largest absolute Gasteiger partial charge is 0.0707 e. The Morgan fingerprint density at radius 1 is 0.615 bits per heavy atom. The molecule has 0 aliphatic heterocycles. The number of allylic oxidation sites excluding steroid dienone is 4. The Hall–Kier alpha value is 0.01000. The van der Waals surface area contributed by atoms with Crippen molar-refractivity contribution in [2.75, 3.05) is 0 Å². The van der Waals surface area contributed by atoms with Crippen molar-refractivity contribution in [1.82, 2.24) is 0 Å². The highest BCUT2D eigenvalue weighted by Crippen LogP contribution is 2.43. The highest BCUT2D eigenvalue weighted by atomic mass is 33.5. The molecular formula is C10H10S3. The van der Waals surface area contributed by atoms with Crippen LogP contribution >= 0.6 is 31.4 Å². The molecule has 0 saturated carbocycles. The average molecular weight is 226 g/mol. The van der Waals surface area contributed by atoms with Gasteiger partial charge in [-0.25, -0.2) is 0 Å². The predicted molar refractivity (Wildman–Crippen MR) is 66.9 cm³/mol. The fourth-order valence-electron chi connectivity index (χ4n) is 1.06. The van der Waals surface area contributed by atoms with Crippen LogP contribution < -0.4 is 0 Å². The molecular weight excluding hydrogens is 216 g/mol. The third-order valence-corrected chi connectivity index (χ3v) is 6.18. The van der Waals surface area contributed by atoms with E-state index in [1.807, 2.05) is 31.4 Å². The van der Waals surface area contributed by atoms with Crippen LogP contribution in [0.3, 0.4) is 0 Å². The van der Waals surface area contributed by atoms with E-state index in [0.717, 1.165) is 0 Å². The summed E-state index contributed by atoms with van der Waals surface area (Å²) in [5.41, 5.74) is 0. The molecule has 0 unspecified atom stereocenters. The number of hydrogen-bond donors (Lipinski definition) is 0. The van der Waals surface area contributed by atoms with Crippen LogP contribution in [0.1, 0.15) is 0 Å². The van der Waals surface area contributed by atoms with Gasteiger partial charge >= 0.3 is 0 Å². The first-order chi connectivity index (χ1) is 6.45. The fourth-order valence-corrected chi connectivity index (χ4v) is 5.40. The van der Waals surface area contributed by atoms with Crippen molar-refractivity contribution in [3.05, 3.63) is 48.6 Å². The first-order valence-electron chi connectivity index (χ1n) is 4.14. The molecule has 0 heterocycles. The topological polar surface area (TPSA) is 0 Å². The van der Waals surface area contributed by atoms with Gasteiger partial charge in [0.15, 0.2) is 0 Å². The lowest BCUT2D eigenvalue weighted by Crippen LogP contribution is -1.86. The molecule has 0 nitrogen and oxygen atoms in total. The van der Waals surface area contributed by atoms with Crippen molar-refractivity contribution < 1.29 is 0 Å². The van der Waals surface area contributed by atoms with Gasteiger partial charge in [0, 0.05) is 0 Å². The molecule has 2 aliphatic rings. The summed E-state index contributed by atoms with van der Waals surface area (Å²) in [4.78, 5) is 0. The first kappa shape index (κ1) is 9.56. The molecule has 3 heteroatoms. The minimum absolute atomic E-state index is 0.576. The summed E-state index contributed by atoms with van der Waals surface area (Å²) in [5, 5.41) is 1.15. The van der Waals surface area contributed by atoms with E-state index in [-0.39, 0.29) is 0 Å². The molecule has 0 bridgehead atoms. The molecule has 0 aromatic carbocycles. The van der Waals surface area contributed by atoms with E-state index in [1.54, 1.807) is 0 Å². The molecule has 13 heavy (non-hydrogen) atoms. The van der Waals surface area contributed by atoms with Crippen molar-refractivity contribution >= 4 is 31.4 Å².